The summed E-state index contributed by atoms with van der Waals surface area (Å²) in [6.07, 6.45) is 4.07. The van der Waals surface area contributed by atoms with E-state index in [1.807, 2.05) is 18.2 Å². The van der Waals surface area contributed by atoms with Crippen LogP contribution in [-0.2, 0) is 24.3 Å². The van der Waals surface area contributed by atoms with Crippen molar-refractivity contribution in [1.29, 1.82) is 0 Å². The van der Waals surface area contributed by atoms with Crippen molar-refractivity contribution in [2.75, 3.05) is 6.54 Å². The summed E-state index contributed by atoms with van der Waals surface area (Å²) < 4.78 is 26.9. The average molecular weight is 386 g/mol. The predicted octanol–water partition coefficient (Wildman–Crippen LogP) is 4.59. The van der Waals surface area contributed by atoms with Crippen molar-refractivity contribution in [3.05, 3.63) is 70.8 Å². The van der Waals surface area contributed by atoms with E-state index in [1.165, 1.54) is 24.8 Å². The van der Waals surface area contributed by atoms with Crippen molar-refractivity contribution >= 4 is 5.91 Å². The zero-order valence-electron chi connectivity index (χ0n) is 16.4. The van der Waals surface area contributed by atoms with Crippen molar-refractivity contribution in [2.24, 2.45) is 0 Å². The van der Waals surface area contributed by atoms with Crippen LogP contribution >= 0.6 is 0 Å². The second-order valence-corrected chi connectivity index (χ2v) is 7.60. The van der Waals surface area contributed by atoms with Crippen LogP contribution in [-0.4, -0.2) is 23.4 Å². The monoisotopic (exact) mass is 386 g/mol. The molecule has 1 aliphatic heterocycles. The van der Waals surface area contributed by atoms with Crippen LogP contribution in [0.1, 0.15) is 49.3 Å². The highest BCUT2D eigenvalue weighted by Crippen LogP contribution is 2.21. The molecule has 0 saturated carbocycles. The van der Waals surface area contributed by atoms with E-state index in [9.17, 15) is 13.6 Å². The highest BCUT2D eigenvalue weighted by molar-refractivity contribution is 5.76. The molecular weight excluding hydrogens is 358 g/mol. The first-order valence-electron chi connectivity index (χ1n) is 10.0. The Balaban J connectivity index is 1.54. The minimum absolute atomic E-state index is 0.131. The van der Waals surface area contributed by atoms with Gasteiger partial charge in [-0.15, -0.1) is 0 Å². The summed E-state index contributed by atoms with van der Waals surface area (Å²) in [5, 5.41) is 2.92. The molecule has 1 N–H and O–H groups in total. The Morgan fingerprint density at radius 1 is 1.11 bits per heavy atom. The Bertz CT molecular complexity index is 809. The summed E-state index contributed by atoms with van der Waals surface area (Å²) in [7, 11) is 0. The van der Waals surface area contributed by atoms with Crippen LogP contribution < -0.4 is 5.32 Å². The number of benzene rings is 2. The van der Waals surface area contributed by atoms with Gasteiger partial charge in [0.15, 0.2) is 0 Å². The second kappa shape index (κ2) is 9.78. The molecule has 28 heavy (non-hydrogen) atoms. The highest BCUT2D eigenvalue weighted by Gasteiger charge is 2.19. The Morgan fingerprint density at radius 3 is 2.68 bits per heavy atom. The van der Waals surface area contributed by atoms with E-state index in [2.05, 4.69) is 23.2 Å². The number of nitrogens with one attached hydrogen (secondary N) is 1. The largest absolute Gasteiger partial charge is 0.352 e. The zero-order valence-corrected chi connectivity index (χ0v) is 16.4. The van der Waals surface area contributed by atoms with Gasteiger partial charge in [0.1, 0.15) is 11.6 Å². The minimum Gasteiger partial charge on any atom is -0.352 e. The van der Waals surface area contributed by atoms with Crippen LogP contribution in [0, 0.1) is 11.6 Å². The molecule has 1 amide bonds. The van der Waals surface area contributed by atoms with Gasteiger partial charge in [0.25, 0.3) is 0 Å². The SMILES string of the molecule is CC1CCCCN1Cc1ccccc1CNC(=O)CCc1cc(F)ccc1F. The third kappa shape index (κ3) is 5.61. The molecule has 0 bridgehead atoms. The van der Waals surface area contributed by atoms with Crippen LogP contribution in [0.4, 0.5) is 8.78 Å². The van der Waals surface area contributed by atoms with Gasteiger partial charge in [0, 0.05) is 25.6 Å². The molecule has 2 aromatic carbocycles. The molecule has 1 saturated heterocycles. The van der Waals surface area contributed by atoms with E-state index in [4.69, 9.17) is 0 Å². The maximum Gasteiger partial charge on any atom is 0.220 e. The fourth-order valence-electron chi connectivity index (χ4n) is 3.76. The van der Waals surface area contributed by atoms with Gasteiger partial charge >= 0.3 is 0 Å². The van der Waals surface area contributed by atoms with Crippen LogP contribution in [0.15, 0.2) is 42.5 Å². The van der Waals surface area contributed by atoms with Gasteiger partial charge in [-0.25, -0.2) is 8.78 Å². The normalized spacial score (nSPS) is 17.5. The summed E-state index contributed by atoms with van der Waals surface area (Å²) in [4.78, 5) is 14.7. The fourth-order valence-corrected chi connectivity index (χ4v) is 3.76. The van der Waals surface area contributed by atoms with Gasteiger partial charge in [-0.1, -0.05) is 30.7 Å². The molecule has 1 heterocycles. The number of nitrogens with zero attached hydrogens (tertiary/aromatic N) is 1. The van der Waals surface area contributed by atoms with Crippen molar-refractivity contribution in [3.8, 4) is 0 Å². The highest BCUT2D eigenvalue weighted by atomic mass is 19.1. The summed E-state index contributed by atoms with van der Waals surface area (Å²) in [5.41, 5.74) is 2.56. The van der Waals surface area contributed by atoms with Crippen LogP contribution in [0.3, 0.4) is 0 Å². The molecule has 0 aliphatic carbocycles. The van der Waals surface area contributed by atoms with E-state index in [0.29, 0.717) is 12.6 Å². The quantitative estimate of drug-likeness (QED) is 0.755. The van der Waals surface area contributed by atoms with Gasteiger partial charge in [-0.3, -0.25) is 9.69 Å². The molecule has 1 atom stereocenters. The lowest BCUT2D eigenvalue weighted by atomic mass is 10.0. The molecule has 1 unspecified atom stereocenters. The van der Waals surface area contributed by atoms with E-state index in [0.717, 1.165) is 36.9 Å². The molecule has 1 fully saturated rings. The smallest absolute Gasteiger partial charge is 0.220 e. The predicted molar refractivity (Wildman–Crippen MR) is 107 cm³/mol. The number of carbonyl (C=O) groups excluding carboxylic acids is 1. The lowest BCUT2D eigenvalue weighted by Crippen LogP contribution is -2.37. The zero-order chi connectivity index (χ0) is 19.9. The summed E-state index contributed by atoms with van der Waals surface area (Å²) >= 11 is 0. The number of aryl methyl sites for hydroxylation is 1. The van der Waals surface area contributed by atoms with Crippen molar-refractivity contribution in [2.45, 2.75) is 58.2 Å². The number of likely N-dealkylation sites (tertiary alicyclic amines) is 1. The lowest BCUT2D eigenvalue weighted by molar-refractivity contribution is -0.121. The number of piperidine rings is 1. The molecular formula is C23H28F2N2O. The molecule has 0 aromatic heterocycles. The fraction of sp³-hybridized carbons (Fsp3) is 0.435. The van der Waals surface area contributed by atoms with Crippen molar-refractivity contribution in [3.63, 3.8) is 0 Å². The van der Waals surface area contributed by atoms with E-state index in [1.54, 1.807) is 0 Å². The summed E-state index contributed by atoms with van der Waals surface area (Å²) in [6.45, 7) is 4.72. The maximum absolute atomic E-state index is 13.7. The van der Waals surface area contributed by atoms with Gasteiger partial charge < -0.3 is 5.32 Å². The molecule has 5 heteroatoms. The number of halogens is 2. The Morgan fingerprint density at radius 2 is 1.89 bits per heavy atom. The van der Waals surface area contributed by atoms with Gasteiger partial charge in [-0.05, 0) is 67.6 Å². The number of carbonyl (C=O) groups is 1. The van der Waals surface area contributed by atoms with E-state index >= 15 is 0 Å². The first kappa shape index (κ1) is 20.5. The molecule has 1 aliphatic rings. The van der Waals surface area contributed by atoms with Gasteiger partial charge in [-0.2, -0.15) is 0 Å². The first-order valence-corrected chi connectivity index (χ1v) is 10.0. The number of amides is 1. The average Bonchev–Trinajstić information content (AvgIpc) is 2.69. The van der Waals surface area contributed by atoms with Crippen LogP contribution in [0.2, 0.25) is 0 Å². The van der Waals surface area contributed by atoms with Crippen molar-refractivity contribution < 1.29 is 13.6 Å². The van der Waals surface area contributed by atoms with Crippen LogP contribution in [0.25, 0.3) is 0 Å². The van der Waals surface area contributed by atoms with E-state index in [-0.39, 0.29) is 24.3 Å². The van der Waals surface area contributed by atoms with Crippen molar-refractivity contribution in [1.82, 2.24) is 10.2 Å². The second-order valence-electron chi connectivity index (χ2n) is 7.60. The topological polar surface area (TPSA) is 32.3 Å². The third-order valence-electron chi connectivity index (χ3n) is 5.54. The molecule has 150 valence electrons. The Hall–Kier alpha value is -2.27. The van der Waals surface area contributed by atoms with Crippen LogP contribution in [0.5, 0.6) is 0 Å². The lowest BCUT2D eigenvalue weighted by Gasteiger charge is -2.33. The number of rotatable bonds is 7. The van der Waals surface area contributed by atoms with Gasteiger partial charge in [0.2, 0.25) is 5.91 Å². The number of hydrogen-bond acceptors (Lipinski definition) is 2. The first-order chi connectivity index (χ1) is 13.5. The third-order valence-corrected chi connectivity index (χ3v) is 5.54. The van der Waals surface area contributed by atoms with Gasteiger partial charge in [0.05, 0.1) is 0 Å². The summed E-state index contributed by atoms with van der Waals surface area (Å²) in [6, 6.07) is 12.1. The minimum atomic E-state index is -0.488. The Kier molecular flexibility index (Phi) is 7.15. The molecule has 3 nitrogen and oxygen atoms in total. The molecule has 0 radical (unpaired) electrons. The standard InChI is InChI=1S/C23H28F2N2O/c1-17-6-4-5-13-27(17)16-20-8-3-2-7-19(20)15-26-23(28)12-9-18-14-21(24)10-11-22(18)25/h2-3,7-8,10-11,14,17H,4-6,9,12-13,15-16H2,1H3,(H,26,28). The maximum atomic E-state index is 13.7. The molecule has 0 spiro atoms. The van der Waals surface area contributed by atoms with E-state index < -0.39 is 11.6 Å². The Labute approximate surface area is 165 Å². The number of hydrogen-bond donors (Lipinski definition) is 1. The summed E-state index contributed by atoms with van der Waals surface area (Å²) in [5.74, 6) is -1.13. The molecule has 2 aromatic rings. The molecule has 3 rings (SSSR count).